The zero-order valence-corrected chi connectivity index (χ0v) is 11.2. The first-order chi connectivity index (χ1) is 7.70. The van der Waals surface area contributed by atoms with Crippen molar-refractivity contribution in [1.82, 2.24) is 4.98 Å². The highest BCUT2D eigenvalue weighted by Crippen LogP contribution is 2.32. The van der Waals surface area contributed by atoms with E-state index in [-0.39, 0.29) is 0 Å². The standard InChI is InChI=1S/C11H6BrClN2S/c12-10-9(5-6-14)15-11(16-10)7-1-3-8(13)4-2-7/h1-4H,5H2. The molecule has 0 bridgehead atoms. The molecule has 2 rings (SSSR count). The van der Waals surface area contributed by atoms with Gasteiger partial charge in [-0.3, -0.25) is 0 Å². The zero-order chi connectivity index (χ0) is 11.5. The Balaban J connectivity index is 2.38. The molecule has 0 aliphatic rings. The van der Waals surface area contributed by atoms with Gasteiger partial charge in [0, 0.05) is 10.6 Å². The average molecular weight is 314 g/mol. The average Bonchev–Trinajstić information content (AvgIpc) is 2.62. The maximum atomic E-state index is 8.64. The molecule has 0 spiro atoms. The van der Waals surface area contributed by atoms with Gasteiger partial charge in [0.15, 0.2) is 0 Å². The highest BCUT2D eigenvalue weighted by atomic mass is 79.9. The van der Waals surface area contributed by atoms with Gasteiger partial charge in [0.2, 0.25) is 0 Å². The molecule has 1 aromatic heterocycles. The number of nitriles is 1. The van der Waals surface area contributed by atoms with Crippen molar-refractivity contribution in [2.45, 2.75) is 6.42 Å². The molecule has 0 radical (unpaired) electrons. The van der Waals surface area contributed by atoms with Crippen LogP contribution in [-0.2, 0) is 6.42 Å². The van der Waals surface area contributed by atoms with Gasteiger partial charge < -0.3 is 0 Å². The molecule has 0 saturated carbocycles. The zero-order valence-electron chi connectivity index (χ0n) is 8.08. The number of rotatable bonds is 2. The molecule has 2 nitrogen and oxygen atoms in total. The van der Waals surface area contributed by atoms with E-state index in [1.165, 1.54) is 11.3 Å². The summed E-state index contributed by atoms with van der Waals surface area (Å²) in [6.45, 7) is 0. The monoisotopic (exact) mass is 312 g/mol. The van der Waals surface area contributed by atoms with Crippen molar-refractivity contribution in [2.75, 3.05) is 0 Å². The van der Waals surface area contributed by atoms with Gasteiger partial charge in [0.1, 0.15) is 5.01 Å². The molecule has 16 heavy (non-hydrogen) atoms. The molecule has 0 aliphatic heterocycles. The second-order valence-corrected chi connectivity index (χ2v) is 5.83. The summed E-state index contributed by atoms with van der Waals surface area (Å²) in [5.74, 6) is 0. The van der Waals surface area contributed by atoms with Gasteiger partial charge in [-0.05, 0) is 28.1 Å². The number of halogens is 2. The third-order valence-corrected chi connectivity index (χ3v) is 4.12. The third-order valence-electron chi connectivity index (χ3n) is 1.99. The Morgan fingerprint density at radius 1 is 1.38 bits per heavy atom. The summed E-state index contributed by atoms with van der Waals surface area (Å²) in [5, 5.41) is 10.2. The molecule has 1 aromatic carbocycles. The van der Waals surface area contributed by atoms with Crippen molar-refractivity contribution in [1.29, 1.82) is 5.26 Å². The van der Waals surface area contributed by atoms with Crippen LogP contribution in [0, 0.1) is 11.3 Å². The van der Waals surface area contributed by atoms with Crippen LogP contribution in [0.4, 0.5) is 0 Å². The van der Waals surface area contributed by atoms with Crippen LogP contribution in [0.5, 0.6) is 0 Å². The van der Waals surface area contributed by atoms with E-state index in [2.05, 4.69) is 27.0 Å². The number of aromatic nitrogens is 1. The summed E-state index contributed by atoms with van der Waals surface area (Å²) >= 11 is 10.7. The maximum absolute atomic E-state index is 8.64. The van der Waals surface area contributed by atoms with Crippen molar-refractivity contribution < 1.29 is 0 Å². The van der Waals surface area contributed by atoms with E-state index in [4.69, 9.17) is 16.9 Å². The van der Waals surface area contributed by atoms with Crippen LogP contribution in [0.1, 0.15) is 5.69 Å². The first-order valence-corrected chi connectivity index (χ1v) is 6.47. The first-order valence-electron chi connectivity index (χ1n) is 4.49. The Labute approximate surface area is 111 Å². The number of thiazole rings is 1. The van der Waals surface area contributed by atoms with Gasteiger partial charge in [0.05, 0.1) is 22.0 Å². The third kappa shape index (κ3) is 2.43. The summed E-state index contributed by atoms with van der Waals surface area (Å²) in [4.78, 5) is 4.41. The van der Waals surface area contributed by atoms with E-state index in [0.29, 0.717) is 11.4 Å². The molecule has 2 aromatic rings. The Kier molecular flexibility index (Phi) is 3.59. The Morgan fingerprint density at radius 3 is 2.69 bits per heavy atom. The van der Waals surface area contributed by atoms with Gasteiger partial charge in [-0.2, -0.15) is 5.26 Å². The van der Waals surface area contributed by atoms with Crippen LogP contribution in [0.15, 0.2) is 28.1 Å². The minimum atomic E-state index is 0.324. The van der Waals surface area contributed by atoms with E-state index in [1.54, 1.807) is 0 Å². The van der Waals surface area contributed by atoms with Gasteiger partial charge in [0.25, 0.3) is 0 Å². The van der Waals surface area contributed by atoms with E-state index in [9.17, 15) is 0 Å². The van der Waals surface area contributed by atoms with Crippen LogP contribution in [-0.4, -0.2) is 4.98 Å². The summed E-state index contributed by atoms with van der Waals surface area (Å²) < 4.78 is 0.916. The van der Waals surface area contributed by atoms with E-state index < -0.39 is 0 Å². The summed E-state index contributed by atoms with van der Waals surface area (Å²) in [5.41, 5.74) is 1.80. The molecular formula is C11H6BrClN2S. The van der Waals surface area contributed by atoms with Crippen molar-refractivity contribution in [2.24, 2.45) is 0 Å². The SMILES string of the molecule is N#CCc1nc(-c2ccc(Cl)cc2)sc1Br. The van der Waals surface area contributed by atoms with Gasteiger partial charge in [-0.25, -0.2) is 4.98 Å². The normalized spacial score (nSPS) is 10.1. The lowest BCUT2D eigenvalue weighted by Gasteiger charge is -1.95. The molecule has 1 heterocycles. The molecule has 0 amide bonds. The molecule has 5 heteroatoms. The summed E-state index contributed by atoms with van der Waals surface area (Å²) in [7, 11) is 0. The topological polar surface area (TPSA) is 36.7 Å². The molecule has 0 N–H and O–H groups in total. The number of hydrogen-bond acceptors (Lipinski definition) is 3. The fourth-order valence-corrected chi connectivity index (χ4v) is 2.86. The van der Waals surface area contributed by atoms with Crippen molar-refractivity contribution in [3.8, 4) is 16.6 Å². The second kappa shape index (κ2) is 4.96. The van der Waals surface area contributed by atoms with Crippen LogP contribution in [0.3, 0.4) is 0 Å². The second-order valence-electron chi connectivity index (χ2n) is 3.08. The van der Waals surface area contributed by atoms with E-state index >= 15 is 0 Å². The minimum Gasteiger partial charge on any atom is -0.239 e. The molecule has 0 fully saturated rings. The molecule has 80 valence electrons. The number of hydrogen-bond donors (Lipinski definition) is 0. The van der Waals surface area contributed by atoms with Crippen molar-refractivity contribution in [3.63, 3.8) is 0 Å². The summed E-state index contributed by atoms with van der Waals surface area (Å²) in [6, 6.07) is 9.59. The molecule has 0 atom stereocenters. The fraction of sp³-hybridized carbons (Fsp3) is 0.0909. The first kappa shape index (κ1) is 11.6. The summed E-state index contributed by atoms with van der Waals surface area (Å²) in [6.07, 6.45) is 0.324. The molecular weight excluding hydrogens is 308 g/mol. The Morgan fingerprint density at radius 2 is 2.06 bits per heavy atom. The lowest BCUT2D eigenvalue weighted by molar-refractivity contribution is 1.15. The van der Waals surface area contributed by atoms with Crippen LogP contribution < -0.4 is 0 Å². The van der Waals surface area contributed by atoms with Crippen LogP contribution in [0.25, 0.3) is 10.6 Å². The molecule has 0 saturated heterocycles. The molecule has 0 aliphatic carbocycles. The van der Waals surface area contributed by atoms with E-state index in [0.717, 1.165) is 20.1 Å². The number of benzene rings is 1. The quantitative estimate of drug-likeness (QED) is 0.829. The fourth-order valence-electron chi connectivity index (χ4n) is 1.23. The largest absolute Gasteiger partial charge is 0.239 e. The van der Waals surface area contributed by atoms with Crippen LogP contribution in [0.2, 0.25) is 5.02 Å². The highest BCUT2D eigenvalue weighted by molar-refractivity contribution is 9.11. The lowest BCUT2D eigenvalue weighted by atomic mass is 10.2. The van der Waals surface area contributed by atoms with Crippen molar-refractivity contribution >= 4 is 38.9 Å². The Hall–Kier alpha value is -0.890. The van der Waals surface area contributed by atoms with Gasteiger partial charge in [-0.15, -0.1) is 11.3 Å². The maximum Gasteiger partial charge on any atom is 0.124 e. The predicted molar refractivity (Wildman–Crippen MR) is 69.6 cm³/mol. The molecule has 0 unspecified atom stereocenters. The smallest absolute Gasteiger partial charge is 0.124 e. The number of nitrogens with zero attached hydrogens (tertiary/aromatic N) is 2. The highest BCUT2D eigenvalue weighted by Gasteiger charge is 2.09. The predicted octanol–water partition coefficient (Wildman–Crippen LogP) is 4.29. The van der Waals surface area contributed by atoms with Crippen molar-refractivity contribution in [3.05, 3.63) is 38.8 Å². The van der Waals surface area contributed by atoms with Crippen LogP contribution >= 0.6 is 38.9 Å². The van der Waals surface area contributed by atoms with Gasteiger partial charge >= 0.3 is 0 Å². The lowest BCUT2D eigenvalue weighted by Crippen LogP contribution is -1.82. The minimum absolute atomic E-state index is 0.324. The van der Waals surface area contributed by atoms with Gasteiger partial charge in [-0.1, -0.05) is 23.7 Å². The van der Waals surface area contributed by atoms with E-state index in [1.807, 2.05) is 24.3 Å². The Bertz CT molecular complexity index is 542.